The summed E-state index contributed by atoms with van der Waals surface area (Å²) in [4.78, 5) is 59.0. The van der Waals surface area contributed by atoms with E-state index in [4.69, 9.17) is 11.5 Å². The van der Waals surface area contributed by atoms with Gasteiger partial charge in [-0.05, 0) is 67.8 Å². The number of unbranched alkanes of at least 4 members (excludes halogenated alkanes) is 1. The number of aromatic nitrogens is 2. The molecule has 2 heterocycles. The summed E-state index contributed by atoms with van der Waals surface area (Å²) in [6, 6.07) is 11.1. The molecule has 0 radical (unpaired) electrons. The van der Waals surface area contributed by atoms with Crippen LogP contribution in [0.5, 0.6) is 0 Å². The second-order valence-electron chi connectivity index (χ2n) is 12.2. The van der Waals surface area contributed by atoms with Crippen LogP contribution < -0.4 is 27.4 Å². The molecule has 2 aromatic carbocycles. The average Bonchev–Trinajstić information content (AvgIpc) is 3.63. The lowest BCUT2D eigenvalue weighted by Crippen LogP contribution is -2.58. The number of aromatic amines is 2. The summed E-state index contributed by atoms with van der Waals surface area (Å²) in [6.45, 7) is 4.26. The van der Waals surface area contributed by atoms with E-state index in [-0.39, 0.29) is 25.2 Å². The van der Waals surface area contributed by atoms with Crippen molar-refractivity contribution in [3.05, 3.63) is 72.1 Å². The molecule has 0 spiro atoms. The Morgan fingerprint density at radius 3 is 1.83 bits per heavy atom. The molecule has 0 aliphatic carbocycles. The average molecular weight is 632 g/mol. The van der Waals surface area contributed by atoms with Gasteiger partial charge in [0, 0.05) is 40.6 Å². The summed E-state index contributed by atoms with van der Waals surface area (Å²) in [5.74, 6) is -2.83. The molecule has 4 rings (SSSR count). The number of hydrogen-bond donors (Lipinski definition) is 8. The molecule has 46 heavy (non-hydrogen) atoms. The fraction of sp³-hybridized carbons (Fsp3) is 0.412. The van der Waals surface area contributed by atoms with E-state index in [1.807, 2.05) is 68.6 Å². The number of aliphatic carboxylic acids is 1. The molecule has 0 bridgehead atoms. The molecule has 4 unspecified atom stereocenters. The van der Waals surface area contributed by atoms with Crippen molar-refractivity contribution in [2.45, 2.75) is 76.5 Å². The molecule has 12 nitrogen and oxygen atoms in total. The van der Waals surface area contributed by atoms with Crippen molar-refractivity contribution in [3.63, 3.8) is 0 Å². The lowest BCUT2D eigenvalue weighted by atomic mass is 9.99. The smallest absolute Gasteiger partial charge is 0.326 e. The molecule has 0 aliphatic heterocycles. The van der Waals surface area contributed by atoms with E-state index in [1.165, 1.54) is 0 Å². The number of carbonyl (C=O) groups excluding carboxylic acids is 3. The summed E-state index contributed by atoms with van der Waals surface area (Å²) >= 11 is 0. The molecule has 0 saturated carbocycles. The van der Waals surface area contributed by atoms with Crippen LogP contribution in [0.4, 0.5) is 0 Å². The summed E-state index contributed by atoms with van der Waals surface area (Å²) in [7, 11) is 0. The predicted molar refractivity (Wildman–Crippen MR) is 178 cm³/mol. The Labute approximate surface area is 268 Å². The molecule has 4 aromatic rings. The van der Waals surface area contributed by atoms with Gasteiger partial charge >= 0.3 is 5.97 Å². The number of nitrogens with two attached hydrogens (primary N) is 2. The molecule has 0 aliphatic rings. The SMILES string of the molecule is CC(C)CC(NC(=O)C(N)Cc1c[nH]c2ccccc12)C(=O)NC(Cc1c[nH]c2ccccc12)C(=O)NC(CCCCN)C(=O)O. The lowest BCUT2D eigenvalue weighted by molar-refractivity contribution is -0.142. The van der Waals surface area contributed by atoms with Crippen molar-refractivity contribution < 1.29 is 24.3 Å². The van der Waals surface area contributed by atoms with Gasteiger partial charge in [-0.25, -0.2) is 4.79 Å². The Morgan fingerprint density at radius 2 is 1.26 bits per heavy atom. The first kappa shape index (κ1) is 34.2. The minimum atomic E-state index is -1.17. The standard InChI is InChI=1S/C34H45N7O5/c1-20(2)15-29(40-31(42)25(36)16-21-18-37-26-11-5-3-9-23(21)26)32(43)41-30(17-22-19-38-27-12-6-4-10-24(22)27)33(44)39-28(34(45)46)13-7-8-14-35/h3-6,9-12,18-20,25,28-30,37-38H,7-8,13-17,35-36H2,1-2H3,(H,39,44)(H,40,42)(H,41,43)(H,45,46). The van der Waals surface area contributed by atoms with Crippen LogP contribution in [0, 0.1) is 5.92 Å². The fourth-order valence-corrected chi connectivity index (χ4v) is 5.64. The van der Waals surface area contributed by atoms with Crippen LogP contribution >= 0.6 is 0 Å². The first-order chi connectivity index (χ1) is 22.1. The third kappa shape index (κ3) is 8.95. The topological polar surface area (TPSA) is 208 Å². The number of amides is 3. The van der Waals surface area contributed by atoms with Gasteiger partial charge in [-0.3, -0.25) is 14.4 Å². The number of benzene rings is 2. The van der Waals surface area contributed by atoms with Gasteiger partial charge in [0.05, 0.1) is 6.04 Å². The normalized spacial score (nSPS) is 14.1. The number of carboxylic acid groups (broad SMARTS) is 1. The zero-order valence-electron chi connectivity index (χ0n) is 26.3. The highest BCUT2D eigenvalue weighted by molar-refractivity contribution is 5.95. The van der Waals surface area contributed by atoms with E-state index in [1.54, 1.807) is 6.20 Å². The molecule has 0 fully saturated rings. The van der Waals surface area contributed by atoms with E-state index < -0.39 is 47.9 Å². The highest BCUT2D eigenvalue weighted by atomic mass is 16.4. The molecular weight excluding hydrogens is 586 g/mol. The molecular formula is C34H45N7O5. The maximum atomic E-state index is 13.8. The summed E-state index contributed by atoms with van der Waals surface area (Å²) < 4.78 is 0. The van der Waals surface area contributed by atoms with Gasteiger partial charge in [-0.2, -0.15) is 0 Å². The molecule has 3 amide bonds. The molecule has 0 saturated heterocycles. The number of H-pyrrole nitrogens is 2. The predicted octanol–water partition coefficient (Wildman–Crippen LogP) is 2.48. The van der Waals surface area contributed by atoms with Crippen molar-refractivity contribution in [3.8, 4) is 0 Å². The lowest BCUT2D eigenvalue weighted by Gasteiger charge is -2.26. The van der Waals surface area contributed by atoms with Gasteiger partial charge < -0.3 is 42.5 Å². The molecule has 2 aromatic heterocycles. The van der Waals surface area contributed by atoms with Crippen LogP contribution in [0.1, 0.15) is 50.7 Å². The number of nitrogens with one attached hydrogen (secondary N) is 5. The number of fused-ring (bicyclic) bond motifs is 2. The van der Waals surface area contributed by atoms with Crippen molar-refractivity contribution in [1.82, 2.24) is 25.9 Å². The van der Waals surface area contributed by atoms with Gasteiger partial charge in [-0.1, -0.05) is 50.2 Å². The summed E-state index contributed by atoms with van der Waals surface area (Å²) in [6.07, 6.45) is 5.59. The monoisotopic (exact) mass is 631 g/mol. The van der Waals surface area contributed by atoms with Gasteiger partial charge in [0.15, 0.2) is 0 Å². The zero-order valence-corrected chi connectivity index (χ0v) is 26.3. The van der Waals surface area contributed by atoms with E-state index in [9.17, 15) is 24.3 Å². The third-order valence-corrected chi connectivity index (χ3v) is 8.09. The molecule has 10 N–H and O–H groups in total. The number of hydrogen-bond acceptors (Lipinski definition) is 6. The van der Waals surface area contributed by atoms with Crippen LogP contribution in [0.15, 0.2) is 60.9 Å². The minimum absolute atomic E-state index is 0.0284. The quantitative estimate of drug-likeness (QED) is 0.0816. The fourth-order valence-electron chi connectivity index (χ4n) is 5.64. The molecule has 12 heteroatoms. The largest absolute Gasteiger partial charge is 0.480 e. The highest BCUT2D eigenvalue weighted by Crippen LogP contribution is 2.21. The second-order valence-corrected chi connectivity index (χ2v) is 12.2. The molecule has 246 valence electrons. The first-order valence-corrected chi connectivity index (χ1v) is 15.8. The van der Waals surface area contributed by atoms with Crippen molar-refractivity contribution in [2.75, 3.05) is 6.54 Å². The van der Waals surface area contributed by atoms with Crippen LogP contribution in [-0.2, 0) is 32.0 Å². The summed E-state index contributed by atoms with van der Waals surface area (Å²) in [5.41, 5.74) is 15.3. The Kier molecular flexibility index (Phi) is 11.9. The minimum Gasteiger partial charge on any atom is -0.480 e. The van der Waals surface area contributed by atoms with Crippen LogP contribution in [0.25, 0.3) is 21.8 Å². The number of carbonyl (C=O) groups is 4. The Balaban J connectivity index is 1.52. The zero-order chi connectivity index (χ0) is 33.2. The van der Waals surface area contributed by atoms with Crippen LogP contribution in [-0.4, -0.2) is 69.5 Å². The number of para-hydroxylation sites is 2. The van der Waals surface area contributed by atoms with Crippen molar-refractivity contribution in [1.29, 1.82) is 0 Å². The maximum Gasteiger partial charge on any atom is 0.326 e. The van der Waals surface area contributed by atoms with E-state index >= 15 is 0 Å². The number of rotatable bonds is 17. The van der Waals surface area contributed by atoms with Gasteiger partial charge in [0.2, 0.25) is 17.7 Å². The first-order valence-electron chi connectivity index (χ1n) is 15.8. The van der Waals surface area contributed by atoms with Gasteiger partial charge in [0.25, 0.3) is 0 Å². The maximum absolute atomic E-state index is 13.8. The highest BCUT2D eigenvalue weighted by Gasteiger charge is 2.31. The van der Waals surface area contributed by atoms with Crippen LogP contribution in [0.2, 0.25) is 0 Å². The molecule has 4 atom stereocenters. The number of carboxylic acids is 1. The summed E-state index contributed by atoms with van der Waals surface area (Å²) in [5, 5.41) is 19.8. The van der Waals surface area contributed by atoms with Crippen LogP contribution in [0.3, 0.4) is 0 Å². The Hall–Kier alpha value is -4.68. The third-order valence-electron chi connectivity index (χ3n) is 8.09. The van der Waals surface area contributed by atoms with Gasteiger partial charge in [-0.15, -0.1) is 0 Å². The van der Waals surface area contributed by atoms with E-state index in [2.05, 4.69) is 25.9 Å². The Bertz CT molecular complexity index is 1640. The van der Waals surface area contributed by atoms with Crippen molar-refractivity contribution >= 4 is 45.5 Å². The van der Waals surface area contributed by atoms with E-state index in [0.717, 1.165) is 32.9 Å². The van der Waals surface area contributed by atoms with Gasteiger partial charge in [0.1, 0.15) is 18.1 Å². The second kappa shape index (κ2) is 16.1. The van der Waals surface area contributed by atoms with E-state index in [0.29, 0.717) is 25.8 Å². The van der Waals surface area contributed by atoms with Crippen molar-refractivity contribution in [2.24, 2.45) is 17.4 Å². The Morgan fingerprint density at radius 1 is 0.739 bits per heavy atom.